The number of para-hydroxylation sites is 1. The molecule has 2 rings (SSSR count). The van der Waals surface area contributed by atoms with Gasteiger partial charge < -0.3 is 9.84 Å². The number of ether oxygens (including phenoxy) is 1. The van der Waals surface area contributed by atoms with E-state index in [4.69, 9.17) is 9.84 Å². The first-order valence-corrected chi connectivity index (χ1v) is 5.13. The smallest absolute Gasteiger partial charge is 0.414 e. The van der Waals surface area contributed by atoms with Crippen molar-refractivity contribution in [3.63, 3.8) is 0 Å². The molecule has 1 aliphatic rings. The van der Waals surface area contributed by atoms with Crippen LogP contribution in [0.5, 0.6) is 0 Å². The summed E-state index contributed by atoms with van der Waals surface area (Å²) in [5.74, 6) is 0. The third-order valence-electron chi connectivity index (χ3n) is 2.35. The molecule has 0 saturated carbocycles. The molecule has 1 aromatic carbocycles. The van der Waals surface area contributed by atoms with Crippen LogP contribution >= 0.6 is 0 Å². The molecule has 0 unspecified atom stereocenters. The summed E-state index contributed by atoms with van der Waals surface area (Å²) in [6.45, 7) is 0.375. The van der Waals surface area contributed by atoms with Crippen LogP contribution in [0, 0.1) is 0 Å². The number of fused-ring (bicyclic) bond motifs is 1. The van der Waals surface area contributed by atoms with Gasteiger partial charge in [-0.2, -0.15) is 0 Å². The summed E-state index contributed by atoms with van der Waals surface area (Å²) in [5.41, 5.74) is 1.84. The molecule has 1 heterocycles. The maximum atomic E-state index is 11.7. The van der Waals surface area contributed by atoms with Gasteiger partial charge >= 0.3 is 6.09 Å². The van der Waals surface area contributed by atoms with Gasteiger partial charge in [-0.15, -0.1) is 0 Å². The maximum absolute atomic E-state index is 11.7. The monoisotopic (exact) mass is 219 g/mol. The standard InChI is InChI=1S/C12H13NO3/c14-8-9-16-12(15)13-7-3-5-10-4-1-2-6-11(10)13/h1-6,14H,7-9H2. The molecule has 84 valence electrons. The Balaban J connectivity index is 2.18. The van der Waals surface area contributed by atoms with E-state index >= 15 is 0 Å². The Morgan fingerprint density at radius 2 is 2.25 bits per heavy atom. The van der Waals surface area contributed by atoms with Crippen LogP contribution < -0.4 is 4.90 Å². The second-order valence-electron chi connectivity index (χ2n) is 3.41. The second-order valence-corrected chi connectivity index (χ2v) is 3.41. The van der Waals surface area contributed by atoms with Gasteiger partial charge in [0.15, 0.2) is 0 Å². The average Bonchev–Trinajstić information content (AvgIpc) is 2.35. The van der Waals surface area contributed by atoms with Crippen LogP contribution in [0.25, 0.3) is 6.08 Å². The number of nitrogens with zero attached hydrogens (tertiary/aromatic N) is 1. The van der Waals surface area contributed by atoms with Crippen LogP contribution in [0.3, 0.4) is 0 Å². The van der Waals surface area contributed by atoms with E-state index in [0.717, 1.165) is 11.3 Å². The number of anilines is 1. The van der Waals surface area contributed by atoms with E-state index in [1.807, 2.05) is 36.4 Å². The lowest BCUT2D eigenvalue weighted by Gasteiger charge is -2.25. The van der Waals surface area contributed by atoms with Crippen molar-refractivity contribution < 1.29 is 14.6 Å². The van der Waals surface area contributed by atoms with Gasteiger partial charge in [-0.25, -0.2) is 4.79 Å². The fourth-order valence-electron chi connectivity index (χ4n) is 1.64. The van der Waals surface area contributed by atoms with Crippen LogP contribution in [0.2, 0.25) is 0 Å². The van der Waals surface area contributed by atoms with E-state index in [2.05, 4.69) is 0 Å². The van der Waals surface area contributed by atoms with Crippen molar-refractivity contribution in [2.24, 2.45) is 0 Å². The summed E-state index contributed by atoms with van der Waals surface area (Å²) in [6.07, 6.45) is 3.46. The molecule has 1 amide bonds. The predicted octanol–water partition coefficient (Wildman–Crippen LogP) is 1.65. The molecule has 0 fully saturated rings. The van der Waals surface area contributed by atoms with E-state index in [1.165, 1.54) is 0 Å². The van der Waals surface area contributed by atoms with Gasteiger partial charge in [0.25, 0.3) is 0 Å². The fourth-order valence-corrected chi connectivity index (χ4v) is 1.64. The minimum atomic E-state index is -0.425. The van der Waals surface area contributed by atoms with Crippen LogP contribution in [0.4, 0.5) is 10.5 Å². The van der Waals surface area contributed by atoms with Gasteiger partial charge in [0.1, 0.15) is 6.61 Å². The molecule has 0 aliphatic carbocycles. The molecule has 0 atom stereocenters. The number of aliphatic hydroxyl groups excluding tert-OH is 1. The topological polar surface area (TPSA) is 49.8 Å². The summed E-state index contributed by atoms with van der Waals surface area (Å²) in [7, 11) is 0. The largest absolute Gasteiger partial charge is 0.447 e. The number of hydrogen-bond donors (Lipinski definition) is 1. The fraction of sp³-hybridized carbons (Fsp3) is 0.250. The number of aliphatic hydroxyl groups is 1. The van der Waals surface area contributed by atoms with E-state index in [9.17, 15) is 4.79 Å². The third kappa shape index (κ3) is 2.06. The number of benzene rings is 1. The Morgan fingerprint density at radius 1 is 1.44 bits per heavy atom. The Bertz CT molecular complexity index is 414. The quantitative estimate of drug-likeness (QED) is 0.822. The number of amides is 1. The molecule has 1 aromatic rings. The summed E-state index contributed by atoms with van der Waals surface area (Å²) in [6, 6.07) is 7.62. The maximum Gasteiger partial charge on any atom is 0.414 e. The number of carbonyl (C=O) groups is 1. The molecule has 1 N–H and O–H groups in total. The van der Waals surface area contributed by atoms with Crippen LogP contribution in [0.15, 0.2) is 30.3 Å². The average molecular weight is 219 g/mol. The molecular formula is C12H13NO3. The van der Waals surface area contributed by atoms with Gasteiger partial charge in [0.2, 0.25) is 0 Å². The van der Waals surface area contributed by atoms with Crippen molar-refractivity contribution in [3.05, 3.63) is 35.9 Å². The minimum absolute atomic E-state index is 0.0290. The minimum Gasteiger partial charge on any atom is -0.447 e. The molecule has 4 nitrogen and oxygen atoms in total. The predicted molar refractivity (Wildman–Crippen MR) is 61.3 cm³/mol. The highest BCUT2D eigenvalue weighted by atomic mass is 16.6. The SMILES string of the molecule is O=C(OCCO)N1CC=Cc2ccccc21. The molecule has 0 spiro atoms. The zero-order valence-corrected chi connectivity index (χ0v) is 8.80. The van der Waals surface area contributed by atoms with E-state index in [0.29, 0.717) is 6.54 Å². The highest BCUT2D eigenvalue weighted by Crippen LogP contribution is 2.25. The summed E-state index contributed by atoms with van der Waals surface area (Å²) in [5, 5.41) is 8.60. The molecule has 16 heavy (non-hydrogen) atoms. The molecular weight excluding hydrogens is 206 g/mol. The van der Waals surface area contributed by atoms with Crippen molar-refractivity contribution in [2.75, 3.05) is 24.7 Å². The van der Waals surface area contributed by atoms with Crippen molar-refractivity contribution >= 4 is 17.9 Å². The normalized spacial score (nSPS) is 13.4. The van der Waals surface area contributed by atoms with E-state index in [-0.39, 0.29) is 13.2 Å². The van der Waals surface area contributed by atoms with Gasteiger partial charge in [-0.3, -0.25) is 4.90 Å². The molecule has 0 radical (unpaired) electrons. The van der Waals surface area contributed by atoms with Gasteiger partial charge in [0, 0.05) is 6.54 Å². The van der Waals surface area contributed by atoms with Crippen molar-refractivity contribution in [3.8, 4) is 0 Å². The van der Waals surface area contributed by atoms with Crippen LogP contribution in [0.1, 0.15) is 5.56 Å². The van der Waals surface area contributed by atoms with Crippen molar-refractivity contribution in [1.82, 2.24) is 0 Å². The lowest BCUT2D eigenvalue weighted by molar-refractivity contribution is 0.125. The van der Waals surface area contributed by atoms with E-state index in [1.54, 1.807) is 4.90 Å². The second kappa shape index (κ2) is 4.81. The first-order chi connectivity index (χ1) is 7.83. The first kappa shape index (κ1) is 10.7. The molecule has 4 heteroatoms. The van der Waals surface area contributed by atoms with Crippen LogP contribution in [-0.2, 0) is 4.74 Å². The van der Waals surface area contributed by atoms with Crippen molar-refractivity contribution in [2.45, 2.75) is 0 Å². The Kier molecular flexibility index (Phi) is 3.22. The highest BCUT2D eigenvalue weighted by Gasteiger charge is 2.20. The third-order valence-corrected chi connectivity index (χ3v) is 2.35. The number of rotatable bonds is 2. The molecule has 0 bridgehead atoms. The number of carbonyl (C=O) groups excluding carboxylic acids is 1. The van der Waals surface area contributed by atoms with Gasteiger partial charge in [0.05, 0.1) is 12.3 Å². The first-order valence-electron chi connectivity index (χ1n) is 5.13. The van der Waals surface area contributed by atoms with Gasteiger partial charge in [-0.1, -0.05) is 30.4 Å². The summed E-state index contributed by atoms with van der Waals surface area (Å²) in [4.78, 5) is 13.2. The number of hydrogen-bond acceptors (Lipinski definition) is 3. The van der Waals surface area contributed by atoms with Crippen molar-refractivity contribution in [1.29, 1.82) is 0 Å². The Hall–Kier alpha value is -1.81. The molecule has 0 aromatic heterocycles. The van der Waals surface area contributed by atoms with Gasteiger partial charge in [-0.05, 0) is 11.6 Å². The summed E-state index contributed by atoms with van der Waals surface area (Å²) < 4.78 is 4.89. The lowest BCUT2D eigenvalue weighted by atomic mass is 10.1. The lowest BCUT2D eigenvalue weighted by Crippen LogP contribution is -2.34. The Labute approximate surface area is 93.8 Å². The zero-order valence-electron chi connectivity index (χ0n) is 8.80. The Morgan fingerprint density at radius 3 is 3.06 bits per heavy atom. The summed E-state index contributed by atoms with van der Waals surface area (Å²) >= 11 is 0. The molecule has 0 saturated heterocycles. The zero-order chi connectivity index (χ0) is 11.4. The van der Waals surface area contributed by atoms with Crippen LogP contribution in [-0.4, -0.2) is 31.0 Å². The highest BCUT2D eigenvalue weighted by molar-refractivity contribution is 5.92. The molecule has 1 aliphatic heterocycles. The van der Waals surface area contributed by atoms with E-state index < -0.39 is 6.09 Å².